The Morgan fingerprint density at radius 2 is 2.26 bits per heavy atom. The number of rotatable bonds is 0. The van der Waals surface area contributed by atoms with E-state index in [0.29, 0.717) is 23.1 Å². The number of thiocarbonyl (C=S) groups is 2. The average molecular weight is 297 g/mol. The van der Waals surface area contributed by atoms with Gasteiger partial charge in [0, 0.05) is 6.07 Å². The van der Waals surface area contributed by atoms with E-state index in [9.17, 15) is 4.39 Å². The van der Waals surface area contributed by atoms with Crippen molar-refractivity contribution in [2.75, 3.05) is 11.4 Å². The molecule has 0 radical (unpaired) electrons. The Morgan fingerprint density at radius 3 is 2.95 bits per heavy atom. The number of hydrogen-bond acceptors (Lipinski definition) is 3. The first-order chi connectivity index (χ1) is 8.99. The van der Waals surface area contributed by atoms with Crippen molar-refractivity contribution in [2.24, 2.45) is 5.73 Å². The van der Waals surface area contributed by atoms with Gasteiger partial charge in [0.1, 0.15) is 17.7 Å². The lowest BCUT2D eigenvalue weighted by Crippen LogP contribution is -2.47. The van der Waals surface area contributed by atoms with Crippen molar-refractivity contribution in [3.05, 3.63) is 24.0 Å². The van der Waals surface area contributed by atoms with Gasteiger partial charge >= 0.3 is 0 Å². The molecule has 4 nitrogen and oxygen atoms in total. The molecule has 2 unspecified atom stereocenters. The molecular weight excluding hydrogens is 285 g/mol. The van der Waals surface area contributed by atoms with Gasteiger partial charge in [0.15, 0.2) is 10.2 Å². The minimum Gasteiger partial charge on any atom is -0.486 e. The largest absolute Gasteiger partial charge is 0.486 e. The van der Waals surface area contributed by atoms with Crippen LogP contribution in [-0.2, 0) is 0 Å². The minimum absolute atomic E-state index is 0.0108. The first-order valence-corrected chi connectivity index (χ1v) is 6.67. The zero-order valence-electron chi connectivity index (χ0n) is 10.2. The molecule has 1 saturated heterocycles. The lowest BCUT2D eigenvalue weighted by atomic mass is 10.1. The molecule has 7 heteroatoms. The molecule has 2 aliphatic rings. The number of ether oxygens (including phenoxy) is 1. The van der Waals surface area contributed by atoms with Crippen molar-refractivity contribution in [3.63, 3.8) is 0 Å². The summed E-state index contributed by atoms with van der Waals surface area (Å²) in [4.78, 5) is 3.55. The number of anilines is 1. The third kappa shape index (κ3) is 1.84. The highest BCUT2D eigenvalue weighted by molar-refractivity contribution is 7.82. The highest BCUT2D eigenvalue weighted by atomic mass is 32.1. The second kappa shape index (κ2) is 4.28. The van der Waals surface area contributed by atoms with Crippen LogP contribution in [0.15, 0.2) is 18.2 Å². The van der Waals surface area contributed by atoms with E-state index in [2.05, 4.69) is 0 Å². The van der Waals surface area contributed by atoms with Crippen molar-refractivity contribution in [3.8, 4) is 5.75 Å². The van der Waals surface area contributed by atoms with Gasteiger partial charge in [-0.2, -0.15) is 0 Å². The fourth-order valence-corrected chi connectivity index (χ4v) is 3.13. The number of benzene rings is 1. The number of nitrogens with two attached hydrogens (primary N) is 1. The number of halogens is 1. The van der Waals surface area contributed by atoms with Crippen molar-refractivity contribution in [1.82, 2.24) is 4.90 Å². The van der Waals surface area contributed by atoms with Gasteiger partial charge in [-0.1, -0.05) is 0 Å². The van der Waals surface area contributed by atoms with E-state index in [1.165, 1.54) is 12.1 Å². The fourth-order valence-electron chi connectivity index (χ4n) is 2.50. The van der Waals surface area contributed by atoms with Gasteiger partial charge in [-0.15, -0.1) is 0 Å². The standard InChI is InChI=1S/C12H12FN3OS2/c1-6-9-5-15(11(14)18)12(19)16(9)8-4-7(13)2-3-10(8)17-6/h2-4,6,9H,5H2,1H3,(H2,14,18). The Hall–Kier alpha value is -1.47. The molecule has 0 aliphatic carbocycles. The zero-order valence-corrected chi connectivity index (χ0v) is 11.8. The van der Waals surface area contributed by atoms with Crippen molar-refractivity contribution >= 4 is 40.3 Å². The number of fused-ring (bicyclic) bond motifs is 3. The molecule has 2 N–H and O–H groups in total. The molecule has 1 fully saturated rings. The summed E-state index contributed by atoms with van der Waals surface area (Å²) in [6, 6.07) is 4.40. The normalized spacial score (nSPS) is 24.8. The summed E-state index contributed by atoms with van der Waals surface area (Å²) >= 11 is 10.4. The van der Waals surface area contributed by atoms with Crippen LogP contribution in [0, 0.1) is 5.82 Å². The molecule has 0 spiro atoms. The van der Waals surface area contributed by atoms with Crippen LogP contribution in [0.25, 0.3) is 0 Å². The number of nitrogens with zero attached hydrogens (tertiary/aromatic N) is 2. The van der Waals surface area contributed by atoms with Crippen molar-refractivity contribution in [2.45, 2.75) is 19.1 Å². The van der Waals surface area contributed by atoms with Crippen LogP contribution < -0.4 is 15.4 Å². The lowest BCUT2D eigenvalue weighted by molar-refractivity contribution is 0.179. The molecule has 1 aromatic carbocycles. The lowest BCUT2D eigenvalue weighted by Gasteiger charge is -2.36. The van der Waals surface area contributed by atoms with Crippen LogP contribution >= 0.6 is 24.4 Å². The fraction of sp³-hybridized carbons (Fsp3) is 0.333. The molecule has 1 aromatic rings. The van der Waals surface area contributed by atoms with E-state index >= 15 is 0 Å². The number of hydrogen-bond donors (Lipinski definition) is 1. The summed E-state index contributed by atoms with van der Waals surface area (Å²) in [6.07, 6.45) is -0.0738. The zero-order chi connectivity index (χ0) is 13.7. The maximum absolute atomic E-state index is 13.4. The first kappa shape index (κ1) is 12.6. The van der Waals surface area contributed by atoms with E-state index in [1.807, 2.05) is 11.8 Å². The van der Waals surface area contributed by atoms with Gasteiger partial charge < -0.3 is 15.4 Å². The summed E-state index contributed by atoms with van der Waals surface area (Å²) in [5, 5.41) is 0.726. The Morgan fingerprint density at radius 1 is 1.53 bits per heavy atom. The summed E-state index contributed by atoms with van der Waals surface area (Å²) in [7, 11) is 0. The molecule has 2 aliphatic heterocycles. The SMILES string of the molecule is CC1Oc2ccc(F)cc2N2C(=S)N(C(N)=S)CC12. The monoisotopic (exact) mass is 297 g/mol. The predicted molar refractivity (Wildman–Crippen MR) is 78.8 cm³/mol. The molecule has 0 amide bonds. The van der Waals surface area contributed by atoms with E-state index in [1.54, 1.807) is 11.0 Å². The molecular formula is C12H12FN3OS2. The third-order valence-electron chi connectivity index (χ3n) is 3.44. The minimum atomic E-state index is -0.327. The average Bonchev–Trinajstić information content (AvgIpc) is 2.69. The highest BCUT2D eigenvalue weighted by Gasteiger charge is 2.44. The summed E-state index contributed by atoms with van der Waals surface area (Å²) in [6.45, 7) is 2.51. The van der Waals surface area contributed by atoms with Gasteiger partial charge in [0.25, 0.3) is 0 Å². The van der Waals surface area contributed by atoms with Crippen molar-refractivity contribution < 1.29 is 9.13 Å². The van der Waals surface area contributed by atoms with Crippen LogP contribution in [0.5, 0.6) is 5.75 Å². The van der Waals surface area contributed by atoms with Crippen LogP contribution in [0.1, 0.15) is 6.92 Å². The quantitative estimate of drug-likeness (QED) is 0.734. The van der Waals surface area contributed by atoms with E-state index in [4.69, 9.17) is 34.9 Å². The van der Waals surface area contributed by atoms with Crippen LogP contribution in [0.3, 0.4) is 0 Å². The maximum atomic E-state index is 13.4. The molecule has 3 rings (SSSR count). The van der Waals surface area contributed by atoms with E-state index in [-0.39, 0.29) is 23.1 Å². The second-order valence-electron chi connectivity index (χ2n) is 4.60. The molecule has 2 heterocycles. The molecule has 19 heavy (non-hydrogen) atoms. The predicted octanol–water partition coefficient (Wildman–Crippen LogP) is 1.63. The van der Waals surface area contributed by atoms with E-state index in [0.717, 1.165) is 0 Å². The topological polar surface area (TPSA) is 41.7 Å². The Bertz CT molecular complexity index is 580. The molecule has 0 bridgehead atoms. The van der Waals surface area contributed by atoms with Gasteiger partial charge in [0.05, 0.1) is 18.3 Å². The smallest absolute Gasteiger partial charge is 0.183 e. The summed E-state index contributed by atoms with van der Waals surface area (Å²) < 4.78 is 19.2. The Labute approximate surface area is 120 Å². The summed E-state index contributed by atoms with van der Waals surface area (Å²) in [5.41, 5.74) is 6.30. The molecule has 0 saturated carbocycles. The molecule has 2 atom stereocenters. The highest BCUT2D eigenvalue weighted by Crippen LogP contribution is 2.40. The Balaban J connectivity index is 2.09. The Kier molecular flexibility index (Phi) is 2.83. The van der Waals surface area contributed by atoms with Gasteiger partial charge in [-0.3, -0.25) is 4.90 Å². The van der Waals surface area contributed by atoms with Crippen molar-refractivity contribution in [1.29, 1.82) is 0 Å². The maximum Gasteiger partial charge on any atom is 0.183 e. The van der Waals surface area contributed by atoms with E-state index < -0.39 is 0 Å². The van der Waals surface area contributed by atoms with Crippen LogP contribution in [0.4, 0.5) is 10.1 Å². The molecule has 0 aromatic heterocycles. The molecule has 100 valence electrons. The summed E-state index contributed by atoms with van der Waals surface area (Å²) in [5.74, 6) is 0.296. The second-order valence-corrected chi connectivity index (χ2v) is 5.39. The van der Waals surface area contributed by atoms with Gasteiger partial charge in [-0.25, -0.2) is 4.39 Å². The van der Waals surface area contributed by atoms with Crippen LogP contribution in [0.2, 0.25) is 0 Å². The first-order valence-electron chi connectivity index (χ1n) is 5.85. The van der Waals surface area contributed by atoms with Gasteiger partial charge in [0.2, 0.25) is 0 Å². The van der Waals surface area contributed by atoms with Gasteiger partial charge in [-0.05, 0) is 43.5 Å². The third-order valence-corrected chi connectivity index (χ3v) is 4.08. The van der Waals surface area contributed by atoms with Crippen LogP contribution in [-0.4, -0.2) is 33.8 Å².